The number of methoxy groups -OCH3 is 2. The summed E-state index contributed by atoms with van der Waals surface area (Å²) < 4.78 is 10.8. The van der Waals surface area contributed by atoms with E-state index < -0.39 is 0 Å². The van der Waals surface area contributed by atoms with Crippen molar-refractivity contribution in [3.8, 4) is 11.5 Å². The first-order valence-electron chi connectivity index (χ1n) is 7.14. The monoisotopic (exact) mass is 308 g/mol. The highest BCUT2D eigenvalue weighted by Gasteiger charge is 2.16. The second kappa shape index (κ2) is 6.85. The van der Waals surface area contributed by atoms with Crippen LogP contribution in [0, 0.1) is 0 Å². The van der Waals surface area contributed by atoms with Crippen molar-refractivity contribution in [1.82, 2.24) is 4.98 Å². The van der Waals surface area contributed by atoms with E-state index in [0.29, 0.717) is 16.5 Å². The van der Waals surface area contributed by atoms with Crippen LogP contribution in [0.15, 0.2) is 12.1 Å². The Balaban J connectivity index is 2.72. The van der Waals surface area contributed by atoms with E-state index in [9.17, 15) is 0 Å². The van der Waals surface area contributed by atoms with Crippen molar-refractivity contribution in [3.05, 3.63) is 22.7 Å². The summed E-state index contributed by atoms with van der Waals surface area (Å²) >= 11 is 6.26. The molecule has 0 aliphatic heterocycles. The van der Waals surface area contributed by atoms with Crippen LogP contribution in [0.25, 0.3) is 10.9 Å². The van der Waals surface area contributed by atoms with E-state index in [1.807, 2.05) is 0 Å². The van der Waals surface area contributed by atoms with Gasteiger partial charge < -0.3 is 14.8 Å². The average Bonchev–Trinajstić information content (AvgIpc) is 2.51. The minimum atomic E-state index is 0.528. The van der Waals surface area contributed by atoms with Crippen molar-refractivity contribution in [2.24, 2.45) is 0 Å². The number of halogens is 1. The van der Waals surface area contributed by atoms with Gasteiger partial charge in [0, 0.05) is 18.0 Å². The highest BCUT2D eigenvalue weighted by molar-refractivity contribution is 6.33. The lowest BCUT2D eigenvalue weighted by molar-refractivity contribution is 0.410. The molecule has 0 aliphatic rings. The number of fused-ring (bicyclic) bond motifs is 1. The first kappa shape index (κ1) is 15.7. The maximum atomic E-state index is 6.26. The molecule has 1 aromatic heterocycles. The number of hydrogen-bond donors (Lipinski definition) is 1. The van der Waals surface area contributed by atoms with Gasteiger partial charge in [-0.05, 0) is 24.5 Å². The smallest absolute Gasteiger partial charge is 0.147 e. The number of hydrogen-bond acceptors (Lipinski definition) is 4. The summed E-state index contributed by atoms with van der Waals surface area (Å²) in [5.74, 6) is 2.18. The maximum absolute atomic E-state index is 6.26. The fourth-order valence-electron chi connectivity index (χ4n) is 2.32. The molecular weight excluding hydrogens is 288 g/mol. The molecule has 1 N–H and O–H groups in total. The van der Waals surface area contributed by atoms with Crippen LogP contribution >= 0.6 is 11.6 Å². The number of aromatic nitrogens is 1. The molecule has 2 aromatic rings. The Morgan fingerprint density at radius 3 is 2.52 bits per heavy atom. The molecule has 0 atom stereocenters. The molecular formula is C16H21ClN2O2. The van der Waals surface area contributed by atoms with Crippen LogP contribution in [-0.4, -0.2) is 25.7 Å². The van der Waals surface area contributed by atoms with Crippen molar-refractivity contribution >= 4 is 28.3 Å². The molecule has 114 valence electrons. The molecule has 0 aliphatic carbocycles. The summed E-state index contributed by atoms with van der Waals surface area (Å²) in [6, 6.07) is 3.82. The molecule has 21 heavy (non-hydrogen) atoms. The Bertz CT molecular complexity index is 644. The third kappa shape index (κ3) is 3.00. The highest BCUT2D eigenvalue weighted by atomic mass is 35.5. The quantitative estimate of drug-likeness (QED) is 0.864. The zero-order valence-electron chi connectivity index (χ0n) is 12.9. The van der Waals surface area contributed by atoms with Crippen LogP contribution in [0.1, 0.15) is 25.8 Å². The summed E-state index contributed by atoms with van der Waals surface area (Å²) in [5.41, 5.74) is 1.90. The van der Waals surface area contributed by atoms with Gasteiger partial charge in [0.25, 0.3) is 0 Å². The van der Waals surface area contributed by atoms with E-state index >= 15 is 0 Å². The third-order valence-corrected chi connectivity index (χ3v) is 3.68. The summed E-state index contributed by atoms with van der Waals surface area (Å²) in [6.07, 6.45) is 1.93. The second-order valence-electron chi connectivity index (χ2n) is 4.77. The van der Waals surface area contributed by atoms with Gasteiger partial charge in [0.1, 0.15) is 22.8 Å². The van der Waals surface area contributed by atoms with Crippen LogP contribution in [0.4, 0.5) is 5.82 Å². The molecule has 0 fully saturated rings. The molecule has 5 heteroatoms. The number of nitrogens with one attached hydrogen (secondary N) is 1. The van der Waals surface area contributed by atoms with E-state index in [1.54, 1.807) is 20.3 Å². The molecule has 0 spiro atoms. The summed E-state index contributed by atoms with van der Waals surface area (Å²) in [4.78, 5) is 4.73. The van der Waals surface area contributed by atoms with Crippen LogP contribution < -0.4 is 14.8 Å². The van der Waals surface area contributed by atoms with Crippen molar-refractivity contribution in [1.29, 1.82) is 0 Å². The summed E-state index contributed by atoms with van der Waals surface area (Å²) in [5, 5.41) is 4.77. The van der Waals surface area contributed by atoms with Crippen molar-refractivity contribution in [2.45, 2.75) is 26.7 Å². The first-order chi connectivity index (χ1) is 10.2. The lowest BCUT2D eigenvalue weighted by atomic mass is 10.1. The fraction of sp³-hybridized carbons (Fsp3) is 0.438. The van der Waals surface area contributed by atoms with Gasteiger partial charge in [-0.25, -0.2) is 4.98 Å². The number of nitrogens with zero attached hydrogens (tertiary/aromatic N) is 1. The predicted molar refractivity (Wildman–Crippen MR) is 88.0 cm³/mol. The van der Waals surface area contributed by atoms with Gasteiger partial charge in [0.15, 0.2) is 0 Å². The van der Waals surface area contributed by atoms with Gasteiger partial charge in [0.2, 0.25) is 0 Å². The third-order valence-electron chi connectivity index (χ3n) is 3.40. The lowest BCUT2D eigenvalue weighted by Crippen LogP contribution is -2.06. The minimum Gasteiger partial charge on any atom is -0.494 e. The molecule has 1 heterocycles. The summed E-state index contributed by atoms with van der Waals surface area (Å²) in [7, 11) is 3.23. The van der Waals surface area contributed by atoms with Gasteiger partial charge in [-0.3, -0.25) is 0 Å². The zero-order chi connectivity index (χ0) is 15.4. The Hall–Kier alpha value is -1.68. The molecule has 1 aromatic carbocycles. The van der Waals surface area contributed by atoms with Gasteiger partial charge in [-0.2, -0.15) is 0 Å². The molecule has 0 saturated carbocycles. The first-order valence-corrected chi connectivity index (χ1v) is 7.51. The largest absolute Gasteiger partial charge is 0.494 e. The topological polar surface area (TPSA) is 43.4 Å². The number of pyridine rings is 1. The van der Waals surface area contributed by atoms with E-state index in [1.165, 1.54) is 0 Å². The standard InChI is InChI=1S/C16H21ClN2O2/c1-5-7-18-16-10(6-2)8-11-14(19-16)13(20-3)9-12(17)15(11)21-4/h8-9H,5-7H2,1-4H3,(H,18,19). The molecule has 2 rings (SSSR count). The Labute approximate surface area is 130 Å². The SMILES string of the molecule is CCCNc1nc2c(OC)cc(Cl)c(OC)c2cc1CC. The van der Waals surface area contributed by atoms with E-state index in [2.05, 4.69) is 25.2 Å². The zero-order valence-corrected chi connectivity index (χ0v) is 13.7. The Morgan fingerprint density at radius 2 is 1.95 bits per heavy atom. The van der Waals surface area contributed by atoms with Crippen LogP contribution in [0.2, 0.25) is 5.02 Å². The molecule has 0 bridgehead atoms. The second-order valence-corrected chi connectivity index (χ2v) is 5.17. The van der Waals surface area contributed by atoms with Crippen molar-refractivity contribution < 1.29 is 9.47 Å². The highest BCUT2D eigenvalue weighted by Crippen LogP contribution is 2.40. The van der Waals surface area contributed by atoms with E-state index in [4.69, 9.17) is 26.1 Å². The van der Waals surface area contributed by atoms with Crippen LogP contribution in [0.5, 0.6) is 11.5 Å². The lowest BCUT2D eigenvalue weighted by Gasteiger charge is -2.15. The molecule has 0 radical (unpaired) electrons. The number of rotatable bonds is 6. The molecule has 0 unspecified atom stereocenters. The fourth-order valence-corrected chi connectivity index (χ4v) is 2.60. The Morgan fingerprint density at radius 1 is 1.19 bits per heavy atom. The predicted octanol–water partition coefficient (Wildman–Crippen LogP) is 4.29. The van der Waals surface area contributed by atoms with Gasteiger partial charge >= 0.3 is 0 Å². The number of anilines is 1. The number of benzene rings is 1. The van der Waals surface area contributed by atoms with Crippen molar-refractivity contribution in [2.75, 3.05) is 26.1 Å². The molecule has 0 saturated heterocycles. The van der Waals surface area contributed by atoms with Crippen molar-refractivity contribution in [3.63, 3.8) is 0 Å². The molecule has 0 amide bonds. The Kier molecular flexibility index (Phi) is 5.12. The molecule has 4 nitrogen and oxygen atoms in total. The normalized spacial score (nSPS) is 10.7. The number of ether oxygens (including phenoxy) is 2. The maximum Gasteiger partial charge on any atom is 0.147 e. The van der Waals surface area contributed by atoms with Crippen LogP contribution in [0.3, 0.4) is 0 Å². The van der Waals surface area contributed by atoms with E-state index in [-0.39, 0.29) is 0 Å². The summed E-state index contributed by atoms with van der Waals surface area (Å²) in [6.45, 7) is 5.12. The van der Waals surface area contributed by atoms with Gasteiger partial charge in [-0.1, -0.05) is 25.4 Å². The van der Waals surface area contributed by atoms with E-state index in [0.717, 1.165) is 41.7 Å². The average molecular weight is 309 g/mol. The number of aryl methyl sites for hydroxylation is 1. The van der Waals surface area contributed by atoms with Gasteiger partial charge in [-0.15, -0.1) is 0 Å². The van der Waals surface area contributed by atoms with Gasteiger partial charge in [0.05, 0.1) is 19.2 Å². The van der Waals surface area contributed by atoms with Crippen LogP contribution in [-0.2, 0) is 6.42 Å². The minimum absolute atomic E-state index is 0.528.